The number of halogens is 1. The number of nitrogens with zero attached hydrogens (tertiary/aromatic N) is 4. The van der Waals surface area contributed by atoms with Crippen molar-refractivity contribution in [1.82, 2.24) is 20.2 Å². The summed E-state index contributed by atoms with van der Waals surface area (Å²) in [7, 11) is 0. The molecule has 5 nitrogen and oxygen atoms in total. The van der Waals surface area contributed by atoms with E-state index in [2.05, 4.69) is 31.5 Å². The molecule has 0 atom stereocenters. The fourth-order valence-electron chi connectivity index (χ4n) is 1.27. The van der Waals surface area contributed by atoms with Crippen LogP contribution in [0.15, 0.2) is 22.7 Å². The molecule has 0 spiro atoms. The molecule has 0 saturated heterocycles. The highest BCUT2D eigenvalue weighted by atomic mass is 79.9. The summed E-state index contributed by atoms with van der Waals surface area (Å²) in [4.78, 5) is 0. The minimum atomic E-state index is 0.699. The molecule has 2 rings (SSSR count). The maximum absolute atomic E-state index is 5.70. The molecule has 15 heavy (non-hydrogen) atoms. The van der Waals surface area contributed by atoms with E-state index in [1.165, 1.54) is 0 Å². The zero-order valence-electron chi connectivity index (χ0n) is 8.18. The van der Waals surface area contributed by atoms with Gasteiger partial charge in [-0.2, -0.15) is 4.68 Å². The molecule has 2 N–H and O–H groups in total. The molecule has 0 aliphatic rings. The third-order valence-electron chi connectivity index (χ3n) is 2.08. The number of benzene rings is 1. The van der Waals surface area contributed by atoms with Crippen LogP contribution in [0.3, 0.4) is 0 Å². The van der Waals surface area contributed by atoms with Crippen molar-refractivity contribution in [2.24, 2.45) is 0 Å². The molecule has 0 radical (unpaired) electrons. The van der Waals surface area contributed by atoms with E-state index in [-0.39, 0.29) is 0 Å². The lowest BCUT2D eigenvalue weighted by Crippen LogP contribution is -2.02. The maximum Gasteiger partial charge on any atom is 0.156 e. The average molecular weight is 268 g/mol. The Morgan fingerprint density at radius 2 is 2.27 bits per heavy atom. The predicted octanol–water partition coefficient (Wildman–Crippen LogP) is 1.57. The monoisotopic (exact) mass is 267 g/mol. The summed E-state index contributed by atoms with van der Waals surface area (Å²) in [6.45, 7) is 2.01. The highest BCUT2D eigenvalue weighted by Crippen LogP contribution is 2.22. The van der Waals surface area contributed by atoms with Crippen LogP contribution in [0.5, 0.6) is 0 Å². The molecule has 0 unspecified atom stereocenters. The zero-order valence-corrected chi connectivity index (χ0v) is 9.77. The Morgan fingerprint density at radius 3 is 2.93 bits per heavy atom. The molecule has 1 aromatic carbocycles. The maximum atomic E-state index is 5.70. The quantitative estimate of drug-likeness (QED) is 0.839. The van der Waals surface area contributed by atoms with Gasteiger partial charge in [0.15, 0.2) is 5.82 Å². The highest BCUT2D eigenvalue weighted by molar-refractivity contribution is 9.10. The summed E-state index contributed by atoms with van der Waals surface area (Å²) < 4.78 is 2.54. The normalized spacial score (nSPS) is 10.5. The van der Waals surface area contributed by atoms with Crippen LogP contribution in [0.2, 0.25) is 0 Å². The van der Waals surface area contributed by atoms with Crippen LogP contribution >= 0.6 is 15.9 Å². The second-order valence-electron chi connectivity index (χ2n) is 3.07. The zero-order chi connectivity index (χ0) is 10.8. The minimum Gasteiger partial charge on any atom is -0.398 e. The van der Waals surface area contributed by atoms with Crippen LogP contribution in [-0.4, -0.2) is 20.2 Å². The molecule has 0 aliphatic carbocycles. The van der Waals surface area contributed by atoms with E-state index < -0.39 is 0 Å². The predicted molar refractivity (Wildman–Crippen MR) is 60.6 cm³/mol. The van der Waals surface area contributed by atoms with E-state index >= 15 is 0 Å². The number of rotatable bonds is 2. The van der Waals surface area contributed by atoms with Gasteiger partial charge in [-0.25, -0.2) is 0 Å². The number of nitrogens with two attached hydrogens (primary N) is 1. The van der Waals surface area contributed by atoms with Gasteiger partial charge in [0, 0.05) is 16.6 Å². The van der Waals surface area contributed by atoms with Crippen molar-refractivity contribution < 1.29 is 0 Å². The fraction of sp³-hybridized carbons (Fsp3) is 0.222. The van der Waals surface area contributed by atoms with Crippen molar-refractivity contribution in [2.75, 3.05) is 5.73 Å². The number of aryl methyl sites for hydroxylation is 1. The molecule has 2 aromatic rings. The Bertz CT molecular complexity index is 479. The van der Waals surface area contributed by atoms with E-state index in [4.69, 9.17) is 5.73 Å². The summed E-state index contributed by atoms with van der Waals surface area (Å²) in [6.07, 6.45) is 0.787. The van der Waals surface area contributed by atoms with Crippen LogP contribution in [0.25, 0.3) is 5.69 Å². The summed E-state index contributed by atoms with van der Waals surface area (Å²) >= 11 is 3.37. The molecule has 78 valence electrons. The van der Waals surface area contributed by atoms with Gasteiger partial charge in [0.25, 0.3) is 0 Å². The van der Waals surface area contributed by atoms with Gasteiger partial charge in [0.1, 0.15) is 0 Å². The molecule has 0 saturated carbocycles. The van der Waals surface area contributed by atoms with Crippen molar-refractivity contribution in [3.05, 3.63) is 28.5 Å². The first-order valence-corrected chi connectivity index (χ1v) is 5.34. The Hall–Kier alpha value is -1.43. The van der Waals surface area contributed by atoms with Crippen molar-refractivity contribution in [2.45, 2.75) is 13.3 Å². The number of anilines is 1. The Balaban J connectivity index is 2.50. The van der Waals surface area contributed by atoms with E-state index in [0.29, 0.717) is 5.69 Å². The molecule has 0 bridgehead atoms. The first-order chi connectivity index (χ1) is 7.22. The van der Waals surface area contributed by atoms with Crippen molar-refractivity contribution >= 4 is 21.6 Å². The van der Waals surface area contributed by atoms with Crippen LogP contribution in [0.4, 0.5) is 5.69 Å². The lowest BCUT2D eigenvalue weighted by molar-refractivity contribution is 0.766. The van der Waals surface area contributed by atoms with Gasteiger partial charge in [-0.3, -0.25) is 0 Å². The van der Waals surface area contributed by atoms with E-state index in [1.54, 1.807) is 4.68 Å². The molecule has 6 heteroatoms. The Morgan fingerprint density at radius 1 is 1.47 bits per heavy atom. The molecule has 0 fully saturated rings. The van der Waals surface area contributed by atoms with Crippen LogP contribution in [0.1, 0.15) is 12.7 Å². The second-order valence-corrected chi connectivity index (χ2v) is 3.92. The highest BCUT2D eigenvalue weighted by Gasteiger charge is 2.07. The molecular weight excluding hydrogens is 258 g/mol. The van der Waals surface area contributed by atoms with E-state index in [9.17, 15) is 0 Å². The first-order valence-electron chi connectivity index (χ1n) is 4.55. The van der Waals surface area contributed by atoms with Crippen LogP contribution in [-0.2, 0) is 6.42 Å². The summed E-state index contributed by atoms with van der Waals surface area (Å²) in [6, 6.07) is 5.60. The van der Waals surface area contributed by atoms with Crippen molar-refractivity contribution in [1.29, 1.82) is 0 Å². The van der Waals surface area contributed by atoms with Gasteiger partial charge in [-0.1, -0.05) is 6.92 Å². The van der Waals surface area contributed by atoms with E-state index in [1.807, 2.05) is 25.1 Å². The standard InChI is InChI=1S/C9H10BrN5/c1-2-9-12-13-14-15(9)6-3-4-8(11)7(10)5-6/h3-5H,2,11H2,1H3. The lowest BCUT2D eigenvalue weighted by Gasteiger charge is -2.04. The van der Waals surface area contributed by atoms with Gasteiger partial charge in [-0.05, 0) is 44.6 Å². The number of hydrogen-bond acceptors (Lipinski definition) is 4. The fourth-order valence-corrected chi connectivity index (χ4v) is 1.64. The molecular formula is C9H10BrN5. The summed E-state index contributed by atoms with van der Waals surface area (Å²) in [5.74, 6) is 0.826. The van der Waals surface area contributed by atoms with Gasteiger partial charge < -0.3 is 5.73 Å². The molecule has 1 heterocycles. The SMILES string of the molecule is CCc1nnnn1-c1ccc(N)c(Br)c1. The first kappa shape index (κ1) is 10.1. The number of tetrazole rings is 1. The second kappa shape index (κ2) is 3.98. The Kier molecular flexibility index (Phi) is 2.68. The Labute approximate surface area is 95.4 Å². The lowest BCUT2D eigenvalue weighted by atomic mass is 10.3. The van der Waals surface area contributed by atoms with Crippen LogP contribution in [0, 0.1) is 0 Å². The topological polar surface area (TPSA) is 69.6 Å². The molecule has 0 aliphatic heterocycles. The van der Waals surface area contributed by atoms with Crippen LogP contribution < -0.4 is 5.73 Å². The van der Waals surface area contributed by atoms with Gasteiger partial charge in [0.2, 0.25) is 0 Å². The number of hydrogen-bond donors (Lipinski definition) is 1. The largest absolute Gasteiger partial charge is 0.398 e. The summed E-state index contributed by atoms with van der Waals surface area (Å²) in [5.41, 5.74) is 7.30. The molecule has 0 amide bonds. The third kappa shape index (κ3) is 1.85. The smallest absolute Gasteiger partial charge is 0.156 e. The third-order valence-corrected chi connectivity index (χ3v) is 2.77. The van der Waals surface area contributed by atoms with E-state index in [0.717, 1.165) is 22.4 Å². The van der Waals surface area contributed by atoms with Gasteiger partial charge in [-0.15, -0.1) is 5.10 Å². The average Bonchev–Trinajstić information content (AvgIpc) is 2.70. The minimum absolute atomic E-state index is 0.699. The van der Waals surface area contributed by atoms with Crippen molar-refractivity contribution in [3.63, 3.8) is 0 Å². The number of nitrogen functional groups attached to an aromatic ring is 1. The van der Waals surface area contributed by atoms with Gasteiger partial charge in [0.05, 0.1) is 5.69 Å². The molecule has 1 aromatic heterocycles. The summed E-state index contributed by atoms with van der Waals surface area (Å²) in [5, 5.41) is 11.5. The number of aromatic nitrogens is 4. The van der Waals surface area contributed by atoms with Crippen molar-refractivity contribution in [3.8, 4) is 5.69 Å². The van der Waals surface area contributed by atoms with Gasteiger partial charge >= 0.3 is 0 Å².